The van der Waals surface area contributed by atoms with Gasteiger partial charge in [0.15, 0.2) is 0 Å². The highest BCUT2D eigenvalue weighted by atomic mass is 16.6. The third-order valence-corrected chi connectivity index (χ3v) is 8.12. The lowest BCUT2D eigenvalue weighted by molar-refractivity contribution is -0.133. The van der Waals surface area contributed by atoms with Crippen molar-refractivity contribution < 1.29 is 57.2 Å². The van der Waals surface area contributed by atoms with E-state index in [1.54, 1.807) is 54.6 Å². The summed E-state index contributed by atoms with van der Waals surface area (Å²) in [4.78, 5) is 72.3. The van der Waals surface area contributed by atoms with Crippen LogP contribution in [0.15, 0.2) is 78.9 Å². The van der Waals surface area contributed by atoms with Crippen LogP contribution in [0.25, 0.3) is 0 Å². The number of carbonyl (C=O) groups excluding carboxylic acids is 6. The Hall–Kier alpha value is -6.30. The van der Waals surface area contributed by atoms with Gasteiger partial charge >= 0.3 is 35.8 Å². The fourth-order valence-electron chi connectivity index (χ4n) is 6.63. The van der Waals surface area contributed by atoms with Crippen LogP contribution in [0.1, 0.15) is 87.1 Å². The van der Waals surface area contributed by atoms with E-state index in [0.29, 0.717) is 34.6 Å². The summed E-state index contributed by atoms with van der Waals surface area (Å²) < 4.78 is 32.9. The lowest BCUT2D eigenvalue weighted by Gasteiger charge is -2.28. The molecule has 1 unspecified atom stereocenters. The highest BCUT2D eigenvalue weighted by molar-refractivity contribution is 5.75. The molecule has 3 atom stereocenters. The van der Waals surface area contributed by atoms with Gasteiger partial charge in [0.1, 0.15) is 34.5 Å². The average Bonchev–Trinajstić information content (AvgIpc) is 3.34. The molecule has 5 rings (SSSR count). The molecule has 0 spiro atoms. The largest absolute Gasteiger partial charge is 0.427 e. The zero-order chi connectivity index (χ0) is 37.7. The third-order valence-electron chi connectivity index (χ3n) is 8.12. The van der Waals surface area contributed by atoms with E-state index in [4.69, 9.17) is 28.4 Å². The van der Waals surface area contributed by atoms with Crippen molar-refractivity contribution in [3.8, 4) is 34.5 Å². The highest BCUT2D eigenvalue weighted by Crippen LogP contribution is 2.60. The lowest BCUT2D eigenvalue weighted by Crippen LogP contribution is -2.16. The van der Waals surface area contributed by atoms with Gasteiger partial charge in [0.25, 0.3) is 0 Å². The van der Waals surface area contributed by atoms with E-state index in [1.807, 2.05) is 12.1 Å². The summed E-state index contributed by atoms with van der Waals surface area (Å²) in [6.07, 6.45) is 0.365. The van der Waals surface area contributed by atoms with Gasteiger partial charge in [-0.05, 0) is 77.1 Å². The first kappa shape index (κ1) is 37.0. The molecule has 0 aliphatic heterocycles. The van der Waals surface area contributed by atoms with E-state index in [2.05, 4.69) is 0 Å². The SMILES string of the molecule is CC(=O)Oc1ccc(CC2c3cc(OC(C)=O)cc(OC(C)=O)c3[C@H](c3ccc(OC(C)=O)cc3)[C@H]2c2cc(OC(C)=O)cc(OC(C)=O)c2)cc1. The second-order valence-corrected chi connectivity index (χ2v) is 12.3. The smallest absolute Gasteiger partial charge is 0.308 e. The number of hydrogen-bond donors (Lipinski definition) is 0. The molecule has 0 N–H and O–H groups in total. The first-order valence-corrected chi connectivity index (χ1v) is 16.3. The van der Waals surface area contributed by atoms with Crippen molar-refractivity contribution in [2.45, 2.75) is 65.7 Å². The van der Waals surface area contributed by atoms with E-state index >= 15 is 0 Å². The summed E-state index contributed by atoms with van der Waals surface area (Å²) in [5.41, 5.74) is 3.47. The molecule has 12 heteroatoms. The Balaban J connectivity index is 1.81. The maximum Gasteiger partial charge on any atom is 0.308 e. The molecule has 0 saturated carbocycles. The van der Waals surface area contributed by atoms with Crippen LogP contribution in [0.5, 0.6) is 34.5 Å². The first-order chi connectivity index (χ1) is 24.7. The van der Waals surface area contributed by atoms with Crippen molar-refractivity contribution in [2.75, 3.05) is 0 Å². The lowest BCUT2D eigenvalue weighted by atomic mass is 9.76. The van der Waals surface area contributed by atoms with Crippen molar-refractivity contribution in [2.24, 2.45) is 0 Å². The molecule has 0 radical (unpaired) electrons. The third kappa shape index (κ3) is 9.08. The zero-order valence-electron chi connectivity index (χ0n) is 29.3. The molecule has 4 aromatic carbocycles. The van der Waals surface area contributed by atoms with Gasteiger partial charge in [-0.2, -0.15) is 0 Å². The van der Waals surface area contributed by atoms with Gasteiger partial charge < -0.3 is 28.4 Å². The van der Waals surface area contributed by atoms with Crippen LogP contribution in [0.3, 0.4) is 0 Å². The van der Waals surface area contributed by atoms with Crippen molar-refractivity contribution >= 4 is 35.8 Å². The summed E-state index contributed by atoms with van der Waals surface area (Å²) in [5.74, 6) is -3.65. The first-order valence-electron chi connectivity index (χ1n) is 16.3. The standard InChI is InChI=1S/C40H36O12/c1-21(41)47-30-11-7-27(8-12-30)15-35-36-19-34(51-25(5)45)20-37(52-26(6)46)40(36)39(28-9-13-31(14-10-28)48-22(2)42)38(35)29-16-32(49-23(3)43)18-33(17-29)50-24(4)44/h7-14,16-20,35,38-39H,15H2,1-6H3/t35?,38-,39+/m0/s1. The molecule has 4 aromatic rings. The summed E-state index contributed by atoms with van der Waals surface area (Å²) in [5, 5.41) is 0. The fourth-order valence-corrected chi connectivity index (χ4v) is 6.63. The minimum absolute atomic E-state index is 0.131. The van der Waals surface area contributed by atoms with Gasteiger partial charge in [0.05, 0.1) is 0 Å². The number of hydrogen-bond acceptors (Lipinski definition) is 12. The van der Waals surface area contributed by atoms with E-state index in [1.165, 1.54) is 53.7 Å². The molecular weight excluding hydrogens is 672 g/mol. The summed E-state index contributed by atoms with van der Waals surface area (Å²) in [7, 11) is 0. The molecule has 268 valence electrons. The average molecular weight is 709 g/mol. The molecule has 0 bridgehead atoms. The summed E-state index contributed by atoms with van der Waals surface area (Å²) in [6, 6.07) is 21.9. The Morgan fingerprint density at radius 2 is 0.885 bits per heavy atom. The predicted molar refractivity (Wildman–Crippen MR) is 185 cm³/mol. The Labute approximate surface area is 299 Å². The number of fused-ring (bicyclic) bond motifs is 1. The second-order valence-electron chi connectivity index (χ2n) is 12.3. The molecule has 1 aliphatic rings. The van der Waals surface area contributed by atoms with Gasteiger partial charge in [-0.15, -0.1) is 0 Å². The van der Waals surface area contributed by atoms with Crippen LogP contribution in [-0.2, 0) is 35.2 Å². The van der Waals surface area contributed by atoms with Gasteiger partial charge in [-0.25, -0.2) is 0 Å². The van der Waals surface area contributed by atoms with E-state index in [-0.39, 0.29) is 23.0 Å². The zero-order valence-corrected chi connectivity index (χ0v) is 29.3. The number of benzene rings is 4. The molecule has 12 nitrogen and oxygen atoms in total. The minimum Gasteiger partial charge on any atom is -0.427 e. The normalized spacial score (nSPS) is 15.8. The molecule has 0 fully saturated rings. The Kier molecular flexibility index (Phi) is 11.2. The van der Waals surface area contributed by atoms with Gasteiger partial charge in [0.2, 0.25) is 0 Å². The van der Waals surface area contributed by atoms with Gasteiger partial charge in [0, 0.05) is 71.1 Å². The van der Waals surface area contributed by atoms with E-state index < -0.39 is 53.6 Å². The molecule has 0 heterocycles. The van der Waals surface area contributed by atoms with Gasteiger partial charge in [-0.3, -0.25) is 28.8 Å². The van der Waals surface area contributed by atoms with Crippen LogP contribution < -0.4 is 28.4 Å². The van der Waals surface area contributed by atoms with Crippen molar-refractivity contribution in [1.29, 1.82) is 0 Å². The Bertz CT molecular complexity index is 2010. The topological polar surface area (TPSA) is 158 Å². The number of esters is 6. The van der Waals surface area contributed by atoms with Crippen molar-refractivity contribution in [3.63, 3.8) is 0 Å². The van der Waals surface area contributed by atoms with Crippen LogP contribution in [0, 0.1) is 0 Å². The second kappa shape index (κ2) is 15.7. The van der Waals surface area contributed by atoms with E-state index in [9.17, 15) is 28.8 Å². The number of rotatable bonds is 10. The fraction of sp³-hybridized carbons (Fsp3) is 0.250. The summed E-state index contributed by atoms with van der Waals surface area (Å²) >= 11 is 0. The predicted octanol–water partition coefficient (Wildman–Crippen LogP) is 6.49. The summed E-state index contributed by atoms with van der Waals surface area (Å²) in [6.45, 7) is 7.62. The molecule has 0 saturated heterocycles. The van der Waals surface area contributed by atoms with Crippen LogP contribution in [-0.4, -0.2) is 35.8 Å². The van der Waals surface area contributed by atoms with Crippen LogP contribution in [0.4, 0.5) is 0 Å². The monoisotopic (exact) mass is 708 g/mol. The quantitative estimate of drug-likeness (QED) is 0.130. The van der Waals surface area contributed by atoms with Crippen molar-refractivity contribution in [3.05, 3.63) is 107 Å². The minimum atomic E-state index is -0.610. The van der Waals surface area contributed by atoms with Crippen molar-refractivity contribution in [1.82, 2.24) is 0 Å². The van der Waals surface area contributed by atoms with Crippen LogP contribution >= 0.6 is 0 Å². The van der Waals surface area contributed by atoms with Crippen LogP contribution in [0.2, 0.25) is 0 Å². The molecule has 0 aromatic heterocycles. The Morgan fingerprint density at radius 1 is 0.462 bits per heavy atom. The maximum atomic E-state index is 12.6. The van der Waals surface area contributed by atoms with E-state index in [0.717, 1.165) is 11.1 Å². The maximum absolute atomic E-state index is 12.6. The highest BCUT2D eigenvalue weighted by Gasteiger charge is 2.45. The number of ether oxygens (including phenoxy) is 6. The van der Waals surface area contributed by atoms with Gasteiger partial charge in [-0.1, -0.05) is 24.3 Å². The molecule has 52 heavy (non-hydrogen) atoms. The molecular formula is C40H36O12. The molecule has 1 aliphatic carbocycles. The number of carbonyl (C=O) groups is 6. The Morgan fingerprint density at radius 3 is 1.35 bits per heavy atom. The molecule has 0 amide bonds.